The van der Waals surface area contributed by atoms with Crippen LogP contribution in [0.2, 0.25) is 17.7 Å². The van der Waals surface area contributed by atoms with E-state index in [1.54, 1.807) is 0 Å². The van der Waals surface area contributed by atoms with Gasteiger partial charge in [-0.25, -0.2) is 4.57 Å². The first-order valence-corrected chi connectivity index (χ1v) is 27.2. The molecule has 0 unspecified atom stereocenters. The quantitative estimate of drug-likeness (QED) is 0.254. The Kier molecular flexibility index (Phi) is 83.5. The molecule has 0 bridgehead atoms. The molecule has 0 rings (SSSR count). The molecule has 0 aliphatic heterocycles. The molecular weight excluding hydrogens is 945 g/mol. The van der Waals surface area contributed by atoms with Crippen LogP contribution < -0.4 is 0 Å². The average Bonchev–Trinajstić information content (AvgIpc) is 2.14. The fourth-order valence-electron chi connectivity index (χ4n) is 0. The molecule has 0 spiro atoms. The zero-order chi connectivity index (χ0) is 12.5. The zero-order valence-corrected chi connectivity index (χ0v) is 31.9. The number of hydrogen-bond donors (Lipinski definition) is 3. The predicted molar refractivity (Wildman–Crippen MR) is 37.7 cm³/mol. The van der Waals surface area contributed by atoms with Gasteiger partial charge < -0.3 is 14.7 Å². The van der Waals surface area contributed by atoms with Gasteiger partial charge in [-0.2, -0.15) is 0 Å². The molecule has 0 atom stereocenters. The van der Waals surface area contributed by atoms with E-state index in [-0.39, 0.29) is 0 Å². The van der Waals surface area contributed by atoms with Crippen molar-refractivity contribution in [3.63, 3.8) is 0 Å². The molecule has 0 aliphatic carbocycles. The van der Waals surface area contributed by atoms with Gasteiger partial charge in [0.05, 0.1) is 0 Å². The fourth-order valence-corrected chi connectivity index (χ4v) is 0. The summed E-state index contributed by atoms with van der Waals surface area (Å²) < 4.78 is 17.7. The second kappa shape index (κ2) is 36.0. The first-order valence-electron chi connectivity index (χ1n) is 3.61. The minimum absolute atomic E-state index is 1.03. The van der Waals surface area contributed by atoms with Gasteiger partial charge in [0.2, 0.25) is 0 Å². The van der Waals surface area contributed by atoms with Gasteiger partial charge in [0, 0.05) is 0 Å². The van der Waals surface area contributed by atoms with Gasteiger partial charge in [0.1, 0.15) is 0 Å². The van der Waals surface area contributed by atoms with Crippen LogP contribution in [0.5, 0.6) is 0 Å². The Balaban J connectivity index is -0.0000000230. The van der Waals surface area contributed by atoms with E-state index in [0.29, 0.717) is 0 Å². The van der Waals surface area contributed by atoms with Crippen molar-refractivity contribution in [2.75, 3.05) is 0 Å². The van der Waals surface area contributed by atoms with Crippen molar-refractivity contribution in [3.8, 4) is 0 Å². The first kappa shape index (κ1) is 30.1. The molecule has 0 aromatic heterocycles. The van der Waals surface area contributed by atoms with Gasteiger partial charge in [-0.15, -0.1) is 0 Å². The van der Waals surface area contributed by atoms with Gasteiger partial charge in [-0.05, 0) is 0 Å². The van der Waals surface area contributed by atoms with Crippen molar-refractivity contribution in [2.24, 2.45) is 0 Å². The van der Waals surface area contributed by atoms with Crippen molar-refractivity contribution >= 4 is 7.82 Å². The van der Waals surface area contributed by atoms with E-state index in [9.17, 15) is 0 Å². The van der Waals surface area contributed by atoms with Gasteiger partial charge in [0.25, 0.3) is 0 Å². The third kappa shape index (κ3) is 205. The third-order valence-electron chi connectivity index (χ3n) is 0. The molecule has 9 heteroatoms. The van der Waals surface area contributed by atoms with E-state index in [1.165, 1.54) is 0 Å². The normalized spacial score (nSPS) is 6.69. The van der Waals surface area contributed by atoms with Crippen LogP contribution >= 0.6 is 7.82 Å². The van der Waals surface area contributed by atoms with Crippen LogP contribution in [0.25, 0.3) is 0 Å². The summed E-state index contributed by atoms with van der Waals surface area (Å²) in [4.78, 5) is 21.6. The Morgan fingerprint density at radius 3 is 0.692 bits per heavy atom. The summed E-state index contributed by atoms with van der Waals surface area (Å²) in [7, 11) is -4.64. The monoisotopic (exact) mass is 966 g/mol. The van der Waals surface area contributed by atoms with Crippen LogP contribution in [0.4, 0.5) is 0 Å². The van der Waals surface area contributed by atoms with Crippen LogP contribution in [0.15, 0.2) is 0 Å². The molecule has 68 valence electrons. The zero-order valence-electron chi connectivity index (χ0n) is 9.03. The Morgan fingerprint density at radius 2 is 0.692 bits per heavy atom. The molecule has 3 N–H and O–H groups in total. The van der Waals surface area contributed by atoms with Crippen LogP contribution in [0.1, 0.15) is 0 Å². The Labute approximate surface area is 146 Å². The molecule has 0 aromatic carbocycles. The fraction of sp³-hybridized carbons (Fsp3) is 1.00. The summed E-state index contributed by atoms with van der Waals surface area (Å²) in [5, 5.41) is 0. The number of rotatable bonds is 0. The van der Waals surface area contributed by atoms with Crippen molar-refractivity contribution in [1.82, 2.24) is 0 Å². The Bertz CT molecular complexity index is 70.3. The van der Waals surface area contributed by atoms with Crippen LogP contribution in [0, 0.1) is 0 Å². The summed E-state index contributed by atoms with van der Waals surface area (Å²) >= 11 is 4.11. The maximum absolute atomic E-state index is 8.88. The molecule has 4 nitrogen and oxygen atoms in total. The standard InChI is InChI=1S/4CH3.4Hg.H3O4P/c;;;;;;;;1-5(2,3)4/h4*1H3;;;;;(H3,1,2,3,4). The molecular formula is C4H15Hg4O4P. The number of phosphoric acid groups is 1. The summed E-state index contributed by atoms with van der Waals surface area (Å²) in [6.45, 7) is 0. The Hall–Kier alpha value is 3.85. The van der Waals surface area contributed by atoms with Crippen LogP contribution in [-0.4, -0.2) is 14.7 Å². The molecule has 0 fully saturated rings. The van der Waals surface area contributed by atoms with Crippen LogP contribution in [0.3, 0.4) is 0 Å². The first-order chi connectivity index (χ1) is 6.00. The van der Waals surface area contributed by atoms with E-state index in [0.717, 1.165) is 104 Å². The van der Waals surface area contributed by atoms with E-state index >= 15 is 0 Å². The summed E-state index contributed by atoms with van der Waals surface area (Å²) in [6, 6.07) is 0. The Morgan fingerprint density at radius 1 is 0.692 bits per heavy atom. The molecule has 0 radical (unpaired) electrons. The van der Waals surface area contributed by atoms with Crippen molar-refractivity contribution in [3.05, 3.63) is 0 Å². The van der Waals surface area contributed by atoms with Crippen LogP contribution in [-0.2, 0) is 109 Å². The van der Waals surface area contributed by atoms with Gasteiger partial charge in [-0.3, -0.25) is 0 Å². The van der Waals surface area contributed by atoms with E-state index in [1.807, 2.05) is 0 Å². The molecule has 0 aliphatic rings. The van der Waals surface area contributed by atoms with Crippen molar-refractivity contribution < 1.29 is 124 Å². The second-order valence-corrected chi connectivity index (χ2v) is 1.54. The summed E-state index contributed by atoms with van der Waals surface area (Å²) in [5.41, 5.74) is 0. The summed E-state index contributed by atoms with van der Waals surface area (Å²) in [5.74, 6) is 0. The third-order valence-corrected chi connectivity index (χ3v) is 0. The summed E-state index contributed by atoms with van der Waals surface area (Å²) in [6.07, 6.45) is 0. The molecule has 0 heterocycles. The van der Waals surface area contributed by atoms with Gasteiger partial charge >= 0.3 is 130 Å². The van der Waals surface area contributed by atoms with E-state index < -0.39 is 7.82 Å². The minimum atomic E-state index is -4.64. The number of hydrogen-bond acceptors (Lipinski definition) is 1. The van der Waals surface area contributed by atoms with E-state index in [4.69, 9.17) is 19.2 Å². The van der Waals surface area contributed by atoms with Gasteiger partial charge in [-0.1, -0.05) is 0 Å². The van der Waals surface area contributed by atoms with Gasteiger partial charge in [0.15, 0.2) is 0 Å². The van der Waals surface area contributed by atoms with E-state index in [2.05, 4.69) is 17.7 Å². The second-order valence-electron chi connectivity index (χ2n) is 0.513. The molecule has 0 amide bonds. The molecule has 0 saturated heterocycles. The average molecular weight is 960 g/mol. The topological polar surface area (TPSA) is 77.8 Å². The predicted octanol–water partition coefficient (Wildman–Crippen LogP) is 1.40. The van der Waals surface area contributed by atoms with Crippen molar-refractivity contribution in [1.29, 1.82) is 0 Å². The molecule has 13 heavy (non-hydrogen) atoms. The molecule has 0 aromatic rings. The van der Waals surface area contributed by atoms with Crippen molar-refractivity contribution in [2.45, 2.75) is 17.7 Å². The molecule has 0 saturated carbocycles. The SMILES string of the molecule is O=P(O)(O)O.[CH3][Hg].[CH3][Hg].[CH3][Hg].[CH3][Hg]. The maximum atomic E-state index is 8.88.